The Hall–Kier alpha value is -1.49. The van der Waals surface area contributed by atoms with Gasteiger partial charge in [0, 0.05) is 25.6 Å². The molecule has 2 atom stereocenters. The van der Waals surface area contributed by atoms with Crippen molar-refractivity contribution in [1.82, 2.24) is 4.90 Å². The molecule has 126 valence electrons. The van der Waals surface area contributed by atoms with Crippen LogP contribution in [0.25, 0.3) is 0 Å². The van der Waals surface area contributed by atoms with E-state index >= 15 is 0 Å². The van der Waals surface area contributed by atoms with Gasteiger partial charge in [-0.15, -0.1) is 0 Å². The summed E-state index contributed by atoms with van der Waals surface area (Å²) < 4.78 is 5.97. The third-order valence-corrected chi connectivity index (χ3v) is 5.22. The largest absolute Gasteiger partial charge is 0.491 e. The predicted molar refractivity (Wildman–Crippen MR) is 93.8 cm³/mol. The molecule has 1 aromatic rings. The normalized spacial score (nSPS) is 19.0. The number of thioether (sulfide) groups is 1. The molecule has 1 aromatic carbocycles. The Morgan fingerprint density at radius 1 is 1.39 bits per heavy atom. The van der Waals surface area contributed by atoms with E-state index in [1.54, 1.807) is 6.92 Å². The highest BCUT2D eigenvalue weighted by Crippen LogP contribution is 2.26. The number of benzene rings is 1. The Bertz CT molecular complexity index is 567. The maximum Gasteiger partial charge on any atom is 0.223 e. The molecular formula is C18H25NO3S. The van der Waals surface area contributed by atoms with Gasteiger partial charge in [0.1, 0.15) is 12.4 Å². The summed E-state index contributed by atoms with van der Waals surface area (Å²) in [6, 6.07) is 6.11. The lowest BCUT2D eigenvalue weighted by molar-refractivity contribution is -0.129. The fraction of sp³-hybridized carbons (Fsp3) is 0.556. The van der Waals surface area contributed by atoms with Crippen LogP contribution in [0.3, 0.4) is 0 Å². The molecule has 1 saturated heterocycles. The molecule has 0 N–H and O–H groups in total. The van der Waals surface area contributed by atoms with E-state index < -0.39 is 0 Å². The van der Waals surface area contributed by atoms with Crippen molar-refractivity contribution in [3.63, 3.8) is 0 Å². The van der Waals surface area contributed by atoms with Crippen LogP contribution in [0.15, 0.2) is 18.2 Å². The highest BCUT2D eigenvalue weighted by Gasteiger charge is 2.33. The number of hydrogen-bond donors (Lipinski definition) is 0. The molecule has 0 bridgehead atoms. The van der Waals surface area contributed by atoms with Gasteiger partial charge in [-0.2, -0.15) is 0 Å². The number of hydrogen-bond acceptors (Lipinski definition) is 4. The average molecular weight is 335 g/mol. The van der Waals surface area contributed by atoms with Crippen molar-refractivity contribution < 1.29 is 14.3 Å². The zero-order chi connectivity index (χ0) is 17.0. The number of nitrogens with zero attached hydrogens (tertiary/aromatic N) is 1. The Morgan fingerprint density at radius 2 is 2.04 bits per heavy atom. The second-order valence-corrected chi connectivity index (χ2v) is 7.50. The third-order valence-electron chi connectivity index (χ3n) is 4.17. The molecule has 1 heterocycles. The van der Waals surface area contributed by atoms with Crippen LogP contribution in [0, 0.1) is 19.8 Å². The lowest BCUT2D eigenvalue weighted by atomic mass is 10.1. The van der Waals surface area contributed by atoms with Gasteiger partial charge in [-0.3, -0.25) is 9.59 Å². The van der Waals surface area contributed by atoms with Crippen LogP contribution >= 0.6 is 11.8 Å². The molecule has 1 aliphatic heterocycles. The van der Waals surface area contributed by atoms with Gasteiger partial charge in [0.25, 0.3) is 0 Å². The van der Waals surface area contributed by atoms with Gasteiger partial charge in [-0.05, 0) is 37.8 Å². The molecule has 5 heteroatoms. The second-order valence-electron chi connectivity index (χ2n) is 6.30. The van der Waals surface area contributed by atoms with Crippen LogP contribution in [-0.2, 0) is 9.59 Å². The summed E-state index contributed by atoms with van der Waals surface area (Å²) in [5, 5.41) is 0.113. The van der Waals surface area contributed by atoms with E-state index in [1.165, 1.54) is 11.8 Å². The first-order valence-corrected chi connectivity index (χ1v) is 8.99. The summed E-state index contributed by atoms with van der Waals surface area (Å²) >= 11 is 1.31. The molecule has 1 fully saturated rings. The van der Waals surface area contributed by atoms with Gasteiger partial charge in [0.05, 0.1) is 6.04 Å². The number of para-hydroxylation sites is 1. The molecule has 23 heavy (non-hydrogen) atoms. The fourth-order valence-electron chi connectivity index (χ4n) is 2.90. The molecule has 2 rings (SSSR count). The molecule has 1 aliphatic rings. The van der Waals surface area contributed by atoms with Crippen LogP contribution in [-0.4, -0.2) is 40.9 Å². The highest BCUT2D eigenvalue weighted by molar-refractivity contribution is 8.13. The quantitative estimate of drug-likeness (QED) is 0.801. The number of likely N-dealkylation sites (tertiary alicyclic amines) is 1. The summed E-state index contributed by atoms with van der Waals surface area (Å²) in [6.45, 7) is 8.86. The minimum absolute atomic E-state index is 0.0360. The van der Waals surface area contributed by atoms with Gasteiger partial charge in [0.2, 0.25) is 5.91 Å². The van der Waals surface area contributed by atoms with E-state index in [-0.39, 0.29) is 23.0 Å². The SMILES string of the molecule is CC(=O)SCC1CC(=O)N(C(C)COc2c(C)cccc2C)C1. The van der Waals surface area contributed by atoms with E-state index in [9.17, 15) is 9.59 Å². The molecule has 0 radical (unpaired) electrons. The van der Waals surface area contributed by atoms with Crippen molar-refractivity contribution in [3.8, 4) is 5.75 Å². The standard InChI is InChI=1S/C18H25NO3S/c1-12-6-5-7-13(2)18(12)22-10-14(3)19-9-16(8-17(19)21)11-23-15(4)20/h5-7,14,16H,8-11H2,1-4H3. The zero-order valence-electron chi connectivity index (χ0n) is 14.3. The Morgan fingerprint density at radius 3 is 2.65 bits per heavy atom. The van der Waals surface area contributed by atoms with Crippen LogP contribution < -0.4 is 4.74 Å². The number of ether oxygens (including phenoxy) is 1. The number of rotatable bonds is 6. The minimum Gasteiger partial charge on any atom is -0.491 e. The summed E-state index contributed by atoms with van der Waals surface area (Å²) in [7, 11) is 0. The molecule has 0 saturated carbocycles. The molecular weight excluding hydrogens is 310 g/mol. The first-order valence-electron chi connectivity index (χ1n) is 8.00. The summed E-state index contributed by atoms with van der Waals surface area (Å²) in [5.74, 6) is 2.06. The van der Waals surface area contributed by atoms with Crippen molar-refractivity contribution in [2.45, 2.75) is 40.2 Å². The highest BCUT2D eigenvalue weighted by atomic mass is 32.2. The maximum atomic E-state index is 12.2. The van der Waals surface area contributed by atoms with E-state index in [0.717, 1.165) is 29.2 Å². The number of aryl methyl sites for hydroxylation is 2. The van der Waals surface area contributed by atoms with Crippen molar-refractivity contribution in [2.24, 2.45) is 5.92 Å². The van der Waals surface area contributed by atoms with Crippen LogP contribution in [0.5, 0.6) is 5.75 Å². The molecule has 0 spiro atoms. The zero-order valence-corrected chi connectivity index (χ0v) is 15.1. The lowest BCUT2D eigenvalue weighted by Gasteiger charge is -2.25. The van der Waals surface area contributed by atoms with Crippen LogP contribution in [0.1, 0.15) is 31.4 Å². The van der Waals surface area contributed by atoms with E-state index in [1.807, 2.05) is 43.9 Å². The van der Waals surface area contributed by atoms with Gasteiger partial charge in [0.15, 0.2) is 5.12 Å². The number of amides is 1. The monoisotopic (exact) mass is 335 g/mol. The first kappa shape index (κ1) is 17.9. The number of carbonyl (C=O) groups excluding carboxylic acids is 2. The fourth-order valence-corrected chi connectivity index (χ4v) is 3.60. The average Bonchev–Trinajstić information content (AvgIpc) is 2.85. The Labute approximate surface area is 142 Å². The van der Waals surface area contributed by atoms with Crippen LogP contribution in [0.4, 0.5) is 0 Å². The smallest absolute Gasteiger partial charge is 0.223 e. The van der Waals surface area contributed by atoms with E-state index in [2.05, 4.69) is 0 Å². The topological polar surface area (TPSA) is 46.6 Å². The first-order chi connectivity index (χ1) is 10.9. The third kappa shape index (κ3) is 4.74. The lowest BCUT2D eigenvalue weighted by Crippen LogP contribution is -2.38. The molecule has 4 nitrogen and oxygen atoms in total. The second kappa shape index (κ2) is 7.86. The van der Waals surface area contributed by atoms with Crippen molar-refractivity contribution in [2.75, 3.05) is 18.9 Å². The van der Waals surface area contributed by atoms with Crippen molar-refractivity contribution in [3.05, 3.63) is 29.3 Å². The van der Waals surface area contributed by atoms with Gasteiger partial charge >= 0.3 is 0 Å². The predicted octanol–water partition coefficient (Wildman–Crippen LogP) is 3.20. The summed E-state index contributed by atoms with van der Waals surface area (Å²) in [6.07, 6.45) is 0.536. The number of carbonyl (C=O) groups is 2. The van der Waals surface area contributed by atoms with Crippen LogP contribution in [0.2, 0.25) is 0 Å². The van der Waals surface area contributed by atoms with Crippen molar-refractivity contribution in [1.29, 1.82) is 0 Å². The van der Waals surface area contributed by atoms with Gasteiger partial charge in [-0.1, -0.05) is 30.0 Å². The maximum absolute atomic E-state index is 12.2. The molecule has 0 aromatic heterocycles. The van der Waals surface area contributed by atoms with Crippen molar-refractivity contribution >= 4 is 22.8 Å². The minimum atomic E-state index is 0.0360. The van der Waals surface area contributed by atoms with Gasteiger partial charge < -0.3 is 9.64 Å². The summed E-state index contributed by atoms with van der Waals surface area (Å²) in [4.78, 5) is 25.1. The molecule has 2 unspecified atom stereocenters. The van der Waals surface area contributed by atoms with Gasteiger partial charge in [-0.25, -0.2) is 0 Å². The molecule has 1 amide bonds. The Balaban J connectivity index is 1.89. The summed E-state index contributed by atoms with van der Waals surface area (Å²) in [5.41, 5.74) is 2.22. The van der Waals surface area contributed by atoms with E-state index in [4.69, 9.17) is 4.74 Å². The Kier molecular flexibility index (Phi) is 6.10. The van der Waals surface area contributed by atoms with E-state index in [0.29, 0.717) is 13.0 Å². The molecule has 0 aliphatic carbocycles.